The summed E-state index contributed by atoms with van der Waals surface area (Å²) in [7, 11) is -3.18. The van der Waals surface area contributed by atoms with Crippen LogP contribution in [0.5, 0.6) is 0 Å². The molecule has 4 rings (SSSR count). The summed E-state index contributed by atoms with van der Waals surface area (Å²) in [5.74, 6) is 1.02. The van der Waals surface area contributed by atoms with Crippen LogP contribution in [-0.4, -0.2) is 24.6 Å². The van der Waals surface area contributed by atoms with Gasteiger partial charge in [0.1, 0.15) is 5.82 Å². The lowest BCUT2D eigenvalue weighted by Crippen LogP contribution is -2.15. The molecule has 1 aliphatic rings. The molecule has 1 saturated carbocycles. The van der Waals surface area contributed by atoms with Crippen LogP contribution in [0.2, 0.25) is 0 Å². The van der Waals surface area contributed by atoms with E-state index in [-0.39, 0.29) is 5.95 Å². The monoisotopic (exact) mass is 423 g/mol. The lowest BCUT2D eigenvalue weighted by molar-refractivity contribution is 0.412. The zero-order valence-corrected chi connectivity index (χ0v) is 17.6. The third-order valence-corrected chi connectivity index (χ3v) is 6.62. The van der Waals surface area contributed by atoms with Crippen molar-refractivity contribution in [3.05, 3.63) is 59.8 Å². The molecule has 1 heterocycles. The van der Waals surface area contributed by atoms with Gasteiger partial charge in [0.2, 0.25) is 5.95 Å². The van der Waals surface area contributed by atoms with Gasteiger partial charge >= 0.3 is 0 Å². The number of anilines is 3. The molecule has 30 heavy (non-hydrogen) atoms. The molecule has 156 valence electrons. The molecule has 3 aromatic rings. The molecule has 1 fully saturated rings. The largest absolute Gasteiger partial charge is 0.383 e. The molecule has 0 unspecified atom stereocenters. The van der Waals surface area contributed by atoms with Crippen molar-refractivity contribution in [1.29, 1.82) is 0 Å². The highest BCUT2D eigenvalue weighted by molar-refractivity contribution is 7.90. The van der Waals surface area contributed by atoms with Crippen molar-refractivity contribution in [1.82, 2.24) is 9.97 Å². The fourth-order valence-corrected chi connectivity index (χ4v) is 4.23. The van der Waals surface area contributed by atoms with Crippen molar-refractivity contribution in [3.8, 4) is 11.1 Å². The Morgan fingerprint density at radius 2 is 1.67 bits per heavy atom. The van der Waals surface area contributed by atoms with Crippen molar-refractivity contribution in [2.75, 3.05) is 23.0 Å². The maximum absolute atomic E-state index is 11.6. The summed E-state index contributed by atoms with van der Waals surface area (Å²) < 4.78 is 23.1. The Labute approximate surface area is 176 Å². The van der Waals surface area contributed by atoms with Crippen LogP contribution in [0.15, 0.2) is 53.4 Å². The number of nitrogen functional groups attached to an aromatic ring is 2. The maximum Gasteiger partial charge on any atom is 0.222 e. The summed E-state index contributed by atoms with van der Waals surface area (Å²) in [6.07, 6.45) is 4.60. The number of hydrogen-bond acceptors (Lipinski definition) is 7. The topological polar surface area (TPSA) is 124 Å². The van der Waals surface area contributed by atoms with Gasteiger partial charge < -0.3 is 16.8 Å². The Morgan fingerprint density at radius 3 is 2.23 bits per heavy atom. The summed E-state index contributed by atoms with van der Waals surface area (Å²) in [6, 6.07) is 14.9. The predicted molar refractivity (Wildman–Crippen MR) is 120 cm³/mol. The number of aromatic nitrogens is 2. The summed E-state index contributed by atoms with van der Waals surface area (Å²) in [5.41, 5.74) is 16.8. The molecule has 8 heteroatoms. The molecule has 1 aromatic heterocycles. The van der Waals surface area contributed by atoms with E-state index in [4.69, 9.17) is 11.5 Å². The first kappa shape index (κ1) is 20.2. The van der Waals surface area contributed by atoms with Crippen molar-refractivity contribution < 1.29 is 8.42 Å². The van der Waals surface area contributed by atoms with Gasteiger partial charge in [0.25, 0.3) is 0 Å². The second-order valence-corrected chi connectivity index (χ2v) is 9.72. The van der Waals surface area contributed by atoms with Gasteiger partial charge in [-0.2, -0.15) is 4.98 Å². The third kappa shape index (κ3) is 4.23. The van der Waals surface area contributed by atoms with Crippen molar-refractivity contribution in [2.45, 2.75) is 36.6 Å². The molecule has 0 atom stereocenters. The second-order valence-electron chi connectivity index (χ2n) is 7.70. The van der Waals surface area contributed by atoms with E-state index in [1.54, 1.807) is 12.1 Å². The minimum absolute atomic E-state index is 0.221. The minimum atomic E-state index is -3.18. The van der Waals surface area contributed by atoms with Gasteiger partial charge in [-0.25, -0.2) is 13.4 Å². The molecular formula is C22H25N5O2S. The Morgan fingerprint density at radius 1 is 1.00 bits per heavy atom. The van der Waals surface area contributed by atoms with E-state index in [0.717, 1.165) is 40.9 Å². The summed E-state index contributed by atoms with van der Waals surface area (Å²) in [6.45, 7) is 0.587. The normalized spacial score (nSPS) is 14.3. The number of nitrogens with two attached hydrogens (primary N) is 2. The second kappa shape index (κ2) is 7.95. The van der Waals surface area contributed by atoms with Crippen LogP contribution in [0.3, 0.4) is 0 Å². The van der Waals surface area contributed by atoms with E-state index in [2.05, 4.69) is 15.3 Å². The van der Waals surface area contributed by atoms with Gasteiger partial charge in [0, 0.05) is 30.0 Å². The molecule has 0 aliphatic heterocycles. The molecule has 0 spiro atoms. The quantitative estimate of drug-likeness (QED) is 0.553. The van der Waals surface area contributed by atoms with Gasteiger partial charge in [0.15, 0.2) is 9.84 Å². The molecular weight excluding hydrogens is 398 g/mol. The third-order valence-electron chi connectivity index (χ3n) is 5.50. The number of rotatable bonds is 6. The van der Waals surface area contributed by atoms with Crippen molar-refractivity contribution >= 4 is 27.3 Å². The fourth-order valence-electron chi connectivity index (χ4n) is 3.60. The zero-order valence-electron chi connectivity index (χ0n) is 16.8. The van der Waals surface area contributed by atoms with Crippen LogP contribution in [-0.2, 0) is 16.4 Å². The van der Waals surface area contributed by atoms with Gasteiger partial charge in [-0.05, 0) is 48.2 Å². The summed E-state index contributed by atoms with van der Waals surface area (Å²) in [5, 5.41) is 3.35. The average Bonchev–Trinajstić information content (AvgIpc) is 2.65. The molecule has 7 nitrogen and oxygen atoms in total. The van der Waals surface area contributed by atoms with Crippen LogP contribution in [0.4, 0.5) is 17.5 Å². The molecule has 0 bridgehead atoms. The standard InChI is InChI=1S/C22H25N5O2S/c1-30(28,29)18-11-5-14(6-12-18)13-25-17-9-7-15(8-10-17)19-20(16-3-2-4-16)26-22(24)27-21(19)23/h5-12,16,25H,2-4,13H2,1H3,(H4,23,24,26,27). The first-order valence-electron chi connectivity index (χ1n) is 9.87. The Kier molecular flexibility index (Phi) is 5.34. The van der Waals surface area contributed by atoms with E-state index < -0.39 is 9.84 Å². The highest BCUT2D eigenvalue weighted by Gasteiger charge is 2.26. The molecule has 5 N–H and O–H groups in total. The fraction of sp³-hybridized carbons (Fsp3) is 0.273. The van der Waals surface area contributed by atoms with Gasteiger partial charge in [0.05, 0.1) is 10.6 Å². The minimum Gasteiger partial charge on any atom is -0.383 e. The first-order valence-corrected chi connectivity index (χ1v) is 11.8. The van der Waals surface area contributed by atoms with Crippen molar-refractivity contribution in [2.24, 2.45) is 0 Å². The van der Waals surface area contributed by atoms with E-state index in [1.807, 2.05) is 36.4 Å². The summed E-state index contributed by atoms with van der Waals surface area (Å²) in [4.78, 5) is 8.96. The van der Waals surface area contributed by atoms with Crippen LogP contribution in [0.1, 0.15) is 36.4 Å². The lowest BCUT2D eigenvalue weighted by Gasteiger charge is -2.27. The Balaban J connectivity index is 1.50. The lowest BCUT2D eigenvalue weighted by atomic mass is 9.80. The van der Waals surface area contributed by atoms with E-state index in [0.29, 0.717) is 23.2 Å². The average molecular weight is 424 g/mol. The Hall–Kier alpha value is -3.13. The number of hydrogen-bond donors (Lipinski definition) is 3. The van der Waals surface area contributed by atoms with E-state index >= 15 is 0 Å². The highest BCUT2D eigenvalue weighted by Crippen LogP contribution is 2.42. The van der Waals surface area contributed by atoms with Gasteiger partial charge in [-0.15, -0.1) is 0 Å². The molecule has 1 aliphatic carbocycles. The summed E-state index contributed by atoms with van der Waals surface area (Å²) >= 11 is 0. The van der Waals surface area contributed by atoms with Crippen molar-refractivity contribution in [3.63, 3.8) is 0 Å². The number of benzene rings is 2. The van der Waals surface area contributed by atoms with Crippen LogP contribution in [0.25, 0.3) is 11.1 Å². The number of nitrogens with zero attached hydrogens (tertiary/aromatic N) is 2. The van der Waals surface area contributed by atoms with Crippen LogP contribution < -0.4 is 16.8 Å². The SMILES string of the molecule is CS(=O)(=O)c1ccc(CNc2ccc(-c3c(N)nc(N)nc3C3CCC3)cc2)cc1. The first-order chi connectivity index (χ1) is 14.3. The van der Waals surface area contributed by atoms with E-state index in [1.165, 1.54) is 12.7 Å². The van der Waals surface area contributed by atoms with Gasteiger partial charge in [-0.3, -0.25) is 0 Å². The number of nitrogens with one attached hydrogen (secondary N) is 1. The van der Waals surface area contributed by atoms with Crippen LogP contribution in [0, 0.1) is 0 Å². The Bertz CT molecular complexity index is 1160. The molecule has 2 aromatic carbocycles. The van der Waals surface area contributed by atoms with E-state index in [9.17, 15) is 8.42 Å². The smallest absolute Gasteiger partial charge is 0.222 e. The highest BCUT2D eigenvalue weighted by atomic mass is 32.2. The molecule has 0 saturated heterocycles. The predicted octanol–water partition coefficient (Wildman–Crippen LogP) is 3.59. The van der Waals surface area contributed by atoms with Gasteiger partial charge in [-0.1, -0.05) is 30.7 Å². The zero-order chi connectivity index (χ0) is 21.3. The van der Waals surface area contributed by atoms with Crippen LogP contribution >= 0.6 is 0 Å². The maximum atomic E-state index is 11.6. The molecule has 0 amide bonds. The molecule has 0 radical (unpaired) electrons. The number of sulfone groups is 1.